The standard InChI is InChI=1S/C29H34N6O3S/c1-19-16-31-27(32-17-19)21(3)22(4)39(36,37)18-25-33-34-28(29(13-9-14-29)24-12-6-7-15-30-24)35(25)26-20(2)10-8-11-23(26)38-5/h6-8,10-12,15-17,21-22H,9,13-14,18H2,1-5H3/t21-,22-/m0/s1. The van der Waals surface area contributed by atoms with Gasteiger partial charge >= 0.3 is 0 Å². The average molecular weight is 547 g/mol. The molecule has 39 heavy (non-hydrogen) atoms. The van der Waals surface area contributed by atoms with Crippen molar-refractivity contribution in [2.75, 3.05) is 7.11 Å². The largest absolute Gasteiger partial charge is 0.495 e. The van der Waals surface area contributed by atoms with E-state index in [1.54, 1.807) is 32.6 Å². The molecule has 0 unspecified atom stereocenters. The van der Waals surface area contributed by atoms with Crippen LogP contribution in [-0.4, -0.2) is 50.5 Å². The van der Waals surface area contributed by atoms with Gasteiger partial charge in [-0.05, 0) is 62.9 Å². The van der Waals surface area contributed by atoms with E-state index >= 15 is 0 Å². The minimum Gasteiger partial charge on any atom is -0.495 e. The van der Waals surface area contributed by atoms with Crippen LogP contribution in [-0.2, 0) is 21.0 Å². The molecule has 0 bridgehead atoms. The molecule has 4 aromatic rings. The van der Waals surface area contributed by atoms with Gasteiger partial charge < -0.3 is 4.74 Å². The van der Waals surface area contributed by atoms with Crippen molar-refractivity contribution in [3.8, 4) is 11.4 Å². The number of rotatable bonds is 9. The molecule has 1 aromatic carbocycles. The van der Waals surface area contributed by atoms with Crippen LogP contribution >= 0.6 is 0 Å². The van der Waals surface area contributed by atoms with E-state index in [0.29, 0.717) is 23.2 Å². The maximum absolute atomic E-state index is 13.8. The van der Waals surface area contributed by atoms with Crippen LogP contribution in [0.1, 0.15) is 73.3 Å². The molecule has 1 aliphatic carbocycles. The number of pyridine rings is 1. The fraction of sp³-hybridized carbons (Fsp3) is 0.414. The summed E-state index contributed by atoms with van der Waals surface area (Å²) in [6.45, 7) is 7.44. The highest BCUT2D eigenvalue weighted by atomic mass is 32.2. The van der Waals surface area contributed by atoms with Gasteiger partial charge in [-0.3, -0.25) is 9.55 Å². The van der Waals surface area contributed by atoms with Crippen molar-refractivity contribution >= 4 is 9.84 Å². The summed E-state index contributed by atoms with van der Waals surface area (Å²) >= 11 is 0. The fourth-order valence-corrected chi connectivity index (χ4v) is 6.83. The Morgan fingerprint density at radius 1 is 1.00 bits per heavy atom. The van der Waals surface area contributed by atoms with Crippen LogP contribution in [0.25, 0.3) is 5.69 Å². The number of aryl methyl sites for hydroxylation is 2. The summed E-state index contributed by atoms with van der Waals surface area (Å²) < 4.78 is 35.3. The summed E-state index contributed by atoms with van der Waals surface area (Å²) in [5.41, 5.74) is 3.05. The topological polar surface area (TPSA) is 113 Å². The highest BCUT2D eigenvalue weighted by molar-refractivity contribution is 7.91. The van der Waals surface area contributed by atoms with Gasteiger partial charge in [-0.1, -0.05) is 31.5 Å². The van der Waals surface area contributed by atoms with E-state index in [2.05, 4.69) is 25.1 Å². The molecule has 10 heteroatoms. The second-order valence-electron chi connectivity index (χ2n) is 10.5. The molecule has 0 amide bonds. The molecule has 0 saturated heterocycles. The summed E-state index contributed by atoms with van der Waals surface area (Å²) in [5, 5.41) is 8.44. The number of benzene rings is 1. The molecule has 9 nitrogen and oxygen atoms in total. The number of hydrogen-bond donors (Lipinski definition) is 0. The van der Waals surface area contributed by atoms with Crippen molar-refractivity contribution in [2.45, 2.75) is 69.3 Å². The summed E-state index contributed by atoms with van der Waals surface area (Å²) in [6, 6.07) is 11.6. The number of para-hydroxylation sites is 1. The summed E-state index contributed by atoms with van der Waals surface area (Å²) in [6.07, 6.45) is 7.92. The van der Waals surface area contributed by atoms with Gasteiger partial charge in [-0.2, -0.15) is 0 Å². The van der Waals surface area contributed by atoms with E-state index in [-0.39, 0.29) is 5.75 Å². The van der Waals surface area contributed by atoms with Crippen LogP contribution in [0.15, 0.2) is 55.0 Å². The molecule has 0 N–H and O–H groups in total. The predicted molar refractivity (Wildman–Crippen MR) is 149 cm³/mol. The average Bonchev–Trinajstić information content (AvgIpc) is 3.30. The van der Waals surface area contributed by atoms with Gasteiger partial charge in [0.15, 0.2) is 15.7 Å². The number of methoxy groups -OCH3 is 1. The Hall–Kier alpha value is -3.66. The number of nitrogens with zero attached hydrogens (tertiary/aromatic N) is 6. The van der Waals surface area contributed by atoms with Crippen molar-refractivity contribution < 1.29 is 13.2 Å². The first-order chi connectivity index (χ1) is 18.7. The molecule has 1 saturated carbocycles. The van der Waals surface area contributed by atoms with E-state index in [4.69, 9.17) is 4.74 Å². The van der Waals surface area contributed by atoms with Gasteiger partial charge in [-0.15, -0.1) is 10.2 Å². The van der Waals surface area contributed by atoms with Crippen LogP contribution in [0.5, 0.6) is 5.75 Å². The molecular weight excluding hydrogens is 512 g/mol. The SMILES string of the molecule is COc1cccc(C)c1-n1c(CS(=O)(=O)[C@@H](C)[C@H](C)c2ncc(C)cn2)nnc1C1(c2ccccn2)CCC1. The predicted octanol–water partition coefficient (Wildman–Crippen LogP) is 4.65. The lowest BCUT2D eigenvalue weighted by molar-refractivity contribution is 0.273. The molecule has 5 rings (SSSR count). The fourth-order valence-electron chi connectivity index (χ4n) is 5.28. The minimum absolute atomic E-state index is 0.285. The van der Waals surface area contributed by atoms with Crippen LogP contribution < -0.4 is 4.74 Å². The monoisotopic (exact) mass is 546 g/mol. The smallest absolute Gasteiger partial charge is 0.160 e. The van der Waals surface area contributed by atoms with Crippen molar-refractivity contribution in [1.82, 2.24) is 29.7 Å². The first kappa shape index (κ1) is 26.9. The molecule has 1 fully saturated rings. The third kappa shape index (κ3) is 4.82. The highest BCUT2D eigenvalue weighted by Gasteiger charge is 2.47. The van der Waals surface area contributed by atoms with Crippen LogP contribution in [0.3, 0.4) is 0 Å². The van der Waals surface area contributed by atoms with Gasteiger partial charge in [0.25, 0.3) is 0 Å². The van der Waals surface area contributed by atoms with E-state index in [1.807, 2.05) is 61.7 Å². The Morgan fingerprint density at radius 2 is 1.74 bits per heavy atom. The minimum atomic E-state index is -3.68. The zero-order valence-electron chi connectivity index (χ0n) is 23.0. The lowest BCUT2D eigenvalue weighted by Crippen LogP contribution is -2.39. The highest BCUT2D eigenvalue weighted by Crippen LogP contribution is 2.49. The number of ether oxygens (including phenoxy) is 1. The Labute approximate surface area is 229 Å². The second kappa shape index (κ2) is 10.5. The zero-order valence-corrected chi connectivity index (χ0v) is 23.8. The molecule has 0 spiro atoms. The van der Waals surface area contributed by atoms with Crippen LogP contribution in [0, 0.1) is 13.8 Å². The zero-order chi connectivity index (χ0) is 27.8. The molecule has 2 atom stereocenters. The number of aromatic nitrogens is 6. The van der Waals surface area contributed by atoms with Crippen molar-refractivity contribution in [1.29, 1.82) is 0 Å². The summed E-state index contributed by atoms with van der Waals surface area (Å²) in [4.78, 5) is 13.4. The Kier molecular flexibility index (Phi) is 7.24. The van der Waals surface area contributed by atoms with Crippen LogP contribution in [0.4, 0.5) is 0 Å². The Balaban J connectivity index is 1.62. The molecule has 204 valence electrons. The van der Waals surface area contributed by atoms with Gasteiger partial charge in [0.1, 0.15) is 23.2 Å². The quantitative estimate of drug-likeness (QED) is 0.298. The lowest BCUT2D eigenvalue weighted by Gasteiger charge is -2.40. The normalized spacial score (nSPS) is 16.3. The molecule has 0 radical (unpaired) electrons. The van der Waals surface area contributed by atoms with Crippen molar-refractivity contribution in [3.63, 3.8) is 0 Å². The van der Waals surface area contributed by atoms with E-state index in [1.165, 1.54) is 0 Å². The summed E-state index contributed by atoms with van der Waals surface area (Å²) in [7, 11) is -2.07. The first-order valence-corrected chi connectivity index (χ1v) is 14.9. The summed E-state index contributed by atoms with van der Waals surface area (Å²) in [5.74, 6) is 1.48. The number of hydrogen-bond acceptors (Lipinski definition) is 8. The molecule has 3 aromatic heterocycles. The molecule has 1 aliphatic rings. The third-order valence-electron chi connectivity index (χ3n) is 7.97. The van der Waals surface area contributed by atoms with E-state index in [9.17, 15) is 8.42 Å². The maximum atomic E-state index is 13.8. The van der Waals surface area contributed by atoms with Gasteiger partial charge in [0.2, 0.25) is 0 Å². The molecular formula is C29H34N6O3S. The van der Waals surface area contributed by atoms with Crippen LogP contribution in [0.2, 0.25) is 0 Å². The number of sulfone groups is 1. The third-order valence-corrected chi connectivity index (χ3v) is 10.2. The van der Waals surface area contributed by atoms with Crippen molar-refractivity contribution in [3.05, 3.63) is 89.3 Å². The van der Waals surface area contributed by atoms with Gasteiger partial charge in [0.05, 0.1) is 29.2 Å². The van der Waals surface area contributed by atoms with E-state index < -0.39 is 26.4 Å². The van der Waals surface area contributed by atoms with Gasteiger partial charge in [0, 0.05) is 24.5 Å². The lowest BCUT2D eigenvalue weighted by atomic mass is 9.65. The van der Waals surface area contributed by atoms with Crippen molar-refractivity contribution in [2.24, 2.45) is 0 Å². The molecule has 0 aliphatic heterocycles. The van der Waals surface area contributed by atoms with Gasteiger partial charge in [-0.25, -0.2) is 18.4 Å². The molecule has 3 heterocycles. The van der Waals surface area contributed by atoms with E-state index in [0.717, 1.165) is 41.8 Å². The Morgan fingerprint density at radius 3 is 2.36 bits per heavy atom. The Bertz CT molecular complexity index is 1560. The second-order valence-corrected chi connectivity index (χ2v) is 12.8. The maximum Gasteiger partial charge on any atom is 0.160 e. The first-order valence-electron chi connectivity index (χ1n) is 13.2.